The van der Waals surface area contributed by atoms with E-state index in [0.29, 0.717) is 35.6 Å². The summed E-state index contributed by atoms with van der Waals surface area (Å²) in [6.45, 7) is 4.99. The van der Waals surface area contributed by atoms with Gasteiger partial charge in [0.1, 0.15) is 17.2 Å². The van der Waals surface area contributed by atoms with Crippen LogP contribution < -0.4 is 14.8 Å². The predicted octanol–water partition coefficient (Wildman–Crippen LogP) is 4.01. The van der Waals surface area contributed by atoms with Crippen LogP contribution in [0.4, 0.5) is 11.4 Å². The number of carbonyl (C=O) groups excluding carboxylic acids is 1. The number of nitrogens with one attached hydrogen (secondary N) is 1. The molecule has 10 nitrogen and oxygen atoms in total. The van der Waals surface area contributed by atoms with Gasteiger partial charge in [0.05, 0.1) is 36.0 Å². The van der Waals surface area contributed by atoms with E-state index in [1.54, 1.807) is 6.07 Å². The van der Waals surface area contributed by atoms with Gasteiger partial charge in [-0.3, -0.25) is 14.9 Å². The topological polar surface area (TPSA) is 121 Å². The molecule has 0 bridgehead atoms. The summed E-state index contributed by atoms with van der Waals surface area (Å²) < 4.78 is 12.6. The number of nitrogens with zero attached hydrogens (tertiary/aromatic N) is 4. The molecule has 32 heavy (non-hydrogen) atoms. The Morgan fingerprint density at radius 1 is 1.22 bits per heavy atom. The van der Waals surface area contributed by atoms with Crippen molar-refractivity contribution in [3.05, 3.63) is 52.6 Å². The van der Waals surface area contributed by atoms with Crippen molar-refractivity contribution in [2.24, 2.45) is 0 Å². The van der Waals surface area contributed by atoms with Crippen molar-refractivity contribution in [1.82, 2.24) is 14.8 Å². The van der Waals surface area contributed by atoms with E-state index in [1.165, 1.54) is 31.0 Å². The van der Waals surface area contributed by atoms with Crippen LogP contribution in [0.5, 0.6) is 11.5 Å². The number of nitro groups is 1. The van der Waals surface area contributed by atoms with E-state index in [9.17, 15) is 14.9 Å². The first-order valence-electron chi connectivity index (χ1n) is 9.88. The highest BCUT2D eigenvalue weighted by Crippen LogP contribution is 2.32. The average Bonchev–Trinajstić information content (AvgIpc) is 3.21. The van der Waals surface area contributed by atoms with Gasteiger partial charge in [-0.1, -0.05) is 23.9 Å². The normalized spacial score (nSPS) is 10.6. The molecule has 0 unspecified atom stereocenters. The van der Waals surface area contributed by atoms with Crippen LogP contribution in [0.2, 0.25) is 0 Å². The molecule has 2 aromatic carbocycles. The lowest BCUT2D eigenvalue weighted by molar-refractivity contribution is -0.384. The summed E-state index contributed by atoms with van der Waals surface area (Å²) in [5.74, 6) is 1.29. The molecule has 1 heterocycles. The molecule has 3 rings (SSSR count). The zero-order valence-electron chi connectivity index (χ0n) is 17.9. The summed E-state index contributed by atoms with van der Waals surface area (Å²) in [5, 5.41) is 23.0. The quantitative estimate of drug-likeness (QED) is 0.275. The lowest BCUT2D eigenvalue weighted by atomic mass is 10.2. The molecule has 3 aromatic rings. The van der Waals surface area contributed by atoms with Crippen molar-refractivity contribution in [2.45, 2.75) is 25.5 Å². The van der Waals surface area contributed by atoms with E-state index < -0.39 is 10.8 Å². The second kappa shape index (κ2) is 10.6. The van der Waals surface area contributed by atoms with Gasteiger partial charge in [0.25, 0.3) is 5.69 Å². The van der Waals surface area contributed by atoms with Crippen molar-refractivity contribution in [1.29, 1.82) is 0 Å². The number of rotatable bonds is 10. The molecule has 168 valence electrons. The van der Waals surface area contributed by atoms with Crippen LogP contribution in [-0.2, 0) is 11.3 Å². The van der Waals surface area contributed by atoms with Crippen LogP contribution in [0.1, 0.15) is 13.8 Å². The Labute approximate surface area is 189 Å². The van der Waals surface area contributed by atoms with E-state index in [-0.39, 0.29) is 17.1 Å². The molecular weight excluding hydrogens is 434 g/mol. The number of hydrogen-bond donors (Lipinski definition) is 1. The lowest BCUT2D eigenvalue weighted by Crippen LogP contribution is -2.15. The van der Waals surface area contributed by atoms with E-state index in [2.05, 4.69) is 15.5 Å². The van der Waals surface area contributed by atoms with Crippen molar-refractivity contribution < 1.29 is 19.2 Å². The Bertz CT molecular complexity index is 1120. The van der Waals surface area contributed by atoms with Crippen molar-refractivity contribution in [3.8, 4) is 22.9 Å². The first kappa shape index (κ1) is 23.1. The number of amides is 1. The standard InChI is InChI=1S/C21H23N5O5S/c1-4-25-20(15-8-6-7-9-18(15)31-5-2)23-24-21(25)32-13-19(27)22-16-11-10-14(30-3)12-17(16)26(28)29/h6-12H,4-5,13H2,1-3H3,(H,22,27). The molecule has 0 aliphatic carbocycles. The SMILES string of the molecule is CCOc1ccccc1-c1nnc(SCC(=O)Nc2ccc(OC)cc2[N+](=O)[O-])n1CC. The molecule has 0 aliphatic rings. The molecule has 0 atom stereocenters. The predicted molar refractivity (Wildman–Crippen MR) is 121 cm³/mol. The fourth-order valence-electron chi connectivity index (χ4n) is 3.02. The van der Waals surface area contributed by atoms with Crippen LogP contribution >= 0.6 is 11.8 Å². The van der Waals surface area contributed by atoms with Crippen molar-refractivity contribution in [2.75, 3.05) is 24.8 Å². The third kappa shape index (κ3) is 5.17. The van der Waals surface area contributed by atoms with Gasteiger partial charge in [-0.25, -0.2) is 0 Å². The van der Waals surface area contributed by atoms with E-state index in [0.717, 1.165) is 5.56 Å². The van der Waals surface area contributed by atoms with Crippen LogP contribution in [0.3, 0.4) is 0 Å². The molecular formula is C21H23N5O5S. The summed E-state index contributed by atoms with van der Waals surface area (Å²) in [7, 11) is 1.42. The monoisotopic (exact) mass is 457 g/mol. The molecule has 11 heteroatoms. The Morgan fingerprint density at radius 3 is 2.69 bits per heavy atom. The fourth-order valence-corrected chi connectivity index (χ4v) is 3.83. The number of anilines is 1. The molecule has 1 N–H and O–H groups in total. The Balaban J connectivity index is 1.75. The Kier molecular flexibility index (Phi) is 7.66. The number of carbonyl (C=O) groups is 1. The van der Waals surface area contributed by atoms with Gasteiger partial charge in [-0.2, -0.15) is 0 Å². The maximum Gasteiger partial charge on any atom is 0.296 e. The van der Waals surface area contributed by atoms with Gasteiger partial charge in [-0.05, 0) is 38.1 Å². The first-order chi connectivity index (χ1) is 15.5. The summed E-state index contributed by atoms with van der Waals surface area (Å²) in [5.41, 5.74) is 0.674. The molecule has 0 radical (unpaired) electrons. The minimum absolute atomic E-state index is 0.00836. The number of thioether (sulfide) groups is 1. The summed E-state index contributed by atoms with van der Waals surface area (Å²) in [4.78, 5) is 23.2. The number of ether oxygens (including phenoxy) is 2. The smallest absolute Gasteiger partial charge is 0.296 e. The zero-order valence-corrected chi connectivity index (χ0v) is 18.7. The molecule has 0 saturated carbocycles. The molecule has 0 spiro atoms. The maximum atomic E-state index is 12.5. The van der Waals surface area contributed by atoms with Gasteiger partial charge in [0.2, 0.25) is 5.91 Å². The number of para-hydroxylation sites is 1. The molecule has 0 fully saturated rings. The van der Waals surface area contributed by atoms with Crippen LogP contribution in [0.15, 0.2) is 47.6 Å². The summed E-state index contributed by atoms with van der Waals surface area (Å²) in [6.07, 6.45) is 0. The van der Waals surface area contributed by atoms with Gasteiger partial charge in [0, 0.05) is 6.54 Å². The number of methoxy groups -OCH3 is 1. The molecule has 0 saturated heterocycles. The Morgan fingerprint density at radius 2 is 2.00 bits per heavy atom. The average molecular weight is 458 g/mol. The fraction of sp³-hybridized carbons (Fsp3) is 0.286. The molecule has 0 aliphatic heterocycles. The van der Waals surface area contributed by atoms with Crippen LogP contribution in [-0.4, -0.2) is 45.1 Å². The van der Waals surface area contributed by atoms with Crippen LogP contribution in [0, 0.1) is 10.1 Å². The van der Waals surface area contributed by atoms with Crippen molar-refractivity contribution >= 4 is 29.0 Å². The zero-order chi connectivity index (χ0) is 23.1. The molecule has 1 amide bonds. The van der Waals surface area contributed by atoms with E-state index >= 15 is 0 Å². The third-order valence-electron chi connectivity index (χ3n) is 4.47. The summed E-state index contributed by atoms with van der Waals surface area (Å²) in [6, 6.07) is 11.8. The molecule has 1 aromatic heterocycles. The first-order valence-corrected chi connectivity index (χ1v) is 10.9. The van der Waals surface area contributed by atoms with Crippen LogP contribution in [0.25, 0.3) is 11.4 Å². The Hall–Kier alpha value is -3.60. The maximum absolute atomic E-state index is 12.5. The third-order valence-corrected chi connectivity index (χ3v) is 5.44. The number of nitro benzene ring substituents is 1. The second-order valence-corrected chi connectivity index (χ2v) is 7.40. The largest absolute Gasteiger partial charge is 0.496 e. The highest BCUT2D eigenvalue weighted by Gasteiger charge is 2.20. The second-order valence-electron chi connectivity index (χ2n) is 6.46. The highest BCUT2D eigenvalue weighted by atomic mass is 32.2. The van der Waals surface area contributed by atoms with E-state index in [1.807, 2.05) is 42.7 Å². The minimum Gasteiger partial charge on any atom is -0.496 e. The lowest BCUT2D eigenvalue weighted by Gasteiger charge is -2.11. The number of aromatic nitrogens is 3. The van der Waals surface area contributed by atoms with Gasteiger partial charge in [0.15, 0.2) is 11.0 Å². The van der Waals surface area contributed by atoms with Crippen molar-refractivity contribution in [3.63, 3.8) is 0 Å². The van der Waals surface area contributed by atoms with Gasteiger partial charge < -0.3 is 19.4 Å². The highest BCUT2D eigenvalue weighted by molar-refractivity contribution is 7.99. The van der Waals surface area contributed by atoms with E-state index in [4.69, 9.17) is 9.47 Å². The number of benzene rings is 2. The van der Waals surface area contributed by atoms with Gasteiger partial charge in [-0.15, -0.1) is 10.2 Å². The summed E-state index contributed by atoms with van der Waals surface area (Å²) >= 11 is 1.20. The number of hydrogen-bond acceptors (Lipinski definition) is 8. The minimum atomic E-state index is -0.568. The van der Waals surface area contributed by atoms with Gasteiger partial charge >= 0.3 is 0 Å².